The van der Waals surface area contributed by atoms with Gasteiger partial charge in [-0.25, -0.2) is 9.59 Å². The number of likely N-dealkylation sites (N-methyl/N-ethyl adjacent to an activating group) is 1. The van der Waals surface area contributed by atoms with Crippen LogP contribution in [0.4, 0.5) is 0 Å². The molecule has 0 radical (unpaired) electrons. The number of esters is 2. The first-order valence-corrected chi connectivity index (χ1v) is 9.53. The van der Waals surface area contributed by atoms with E-state index in [2.05, 4.69) is 5.32 Å². The van der Waals surface area contributed by atoms with Gasteiger partial charge in [-0.05, 0) is 31.2 Å². The molecule has 0 unspecified atom stereocenters. The topological polar surface area (TPSA) is 100 Å². The molecule has 4 atom stereocenters. The zero-order chi connectivity index (χ0) is 21.5. The van der Waals surface area contributed by atoms with Gasteiger partial charge in [0.25, 0.3) is 5.91 Å². The van der Waals surface area contributed by atoms with E-state index in [4.69, 9.17) is 18.9 Å². The average Bonchev–Trinajstić information content (AvgIpc) is 3.12. The van der Waals surface area contributed by atoms with Crippen molar-refractivity contribution in [3.63, 3.8) is 0 Å². The Morgan fingerprint density at radius 3 is 1.83 bits per heavy atom. The summed E-state index contributed by atoms with van der Waals surface area (Å²) < 4.78 is 22.0. The Labute approximate surface area is 174 Å². The number of ether oxygens (including phenoxy) is 4. The second-order valence-corrected chi connectivity index (χ2v) is 6.53. The Kier molecular flexibility index (Phi) is 7.16. The number of nitrogens with one attached hydrogen (secondary N) is 1. The van der Waals surface area contributed by atoms with Crippen LogP contribution in [0.25, 0.3) is 0 Å². The molecule has 3 rings (SSSR count). The third kappa shape index (κ3) is 4.84. The van der Waals surface area contributed by atoms with Crippen LogP contribution < -0.4 is 5.32 Å². The molecule has 2 aromatic rings. The Morgan fingerprint density at radius 1 is 0.867 bits per heavy atom. The van der Waals surface area contributed by atoms with E-state index >= 15 is 0 Å². The van der Waals surface area contributed by atoms with E-state index in [9.17, 15) is 14.4 Å². The molecule has 1 saturated heterocycles. The van der Waals surface area contributed by atoms with Gasteiger partial charge in [0, 0.05) is 13.7 Å². The standard InChI is InChI=1S/C22H23NO7/c1-3-23-19(24)17-16(28-20(25)14-10-6-4-7-11-14)18(22(27-2)30-17)29-21(26)15-12-8-5-9-13-15/h4-13,16-18,22H,3H2,1-2H3,(H,23,24)/t16-,17+,18-,22+/m1/s1. The molecule has 1 heterocycles. The minimum absolute atomic E-state index is 0.293. The summed E-state index contributed by atoms with van der Waals surface area (Å²) in [4.78, 5) is 37.7. The van der Waals surface area contributed by atoms with Gasteiger partial charge in [0.2, 0.25) is 0 Å². The van der Waals surface area contributed by atoms with Crippen LogP contribution in [0.5, 0.6) is 0 Å². The number of methoxy groups -OCH3 is 1. The minimum atomic E-state index is -1.20. The van der Waals surface area contributed by atoms with Gasteiger partial charge in [-0.3, -0.25) is 4.79 Å². The molecule has 1 fully saturated rings. The van der Waals surface area contributed by atoms with E-state index in [-0.39, 0.29) is 0 Å². The average molecular weight is 413 g/mol. The van der Waals surface area contributed by atoms with Crippen LogP contribution in [-0.4, -0.2) is 56.1 Å². The van der Waals surface area contributed by atoms with E-state index < -0.39 is 42.4 Å². The van der Waals surface area contributed by atoms with Crippen molar-refractivity contribution in [2.24, 2.45) is 0 Å². The highest BCUT2D eigenvalue weighted by Crippen LogP contribution is 2.29. The van der Waals surface area contributed by atoms with Crippen molar-refractivity contribution in [1.82, 2.24) is 5.32 Å². The summed E-state index contributed by atoms with van der Waals surface area (Å²) in [7, 11) is 1.35. The van der Waals surface area contributed by atoms with Crippen LogP contribution in [0.3, 0.4) is 0 Å². The molecule has 30 heavy (non-hydrogen) atoms. The fourth-order valence-corrected chi connectivity index (χ4v) is 3.09. The summed E-state index contributed by atoms with van der Waals surface area (Å²) in [6.45, 7) is 2.10. The van der Waals surface area contributed by atoms with Crippen LogP contribution in [-0.2, 0) is 23.7 Å². The van der Waals surface area contributed by atoms with Crippen molar-refractivity contribution in [3.8, 4) is 0 Å². The summed E-state index contributed by atoms with van der Waals surface area (Å²) in [5, 5.41) is 2.63. The monoisotopic (exact) mass is 413 g/mol. The summed E-state index contributed by atoms with van der Waals surface area (Å²) >= 11 is 0. The molecule has 0 aliphatic carbocycles. The number of benzene rings is 2. The fraction of sp³-hybridized carbons (Fsp3) is 0.318. The van der Waals surface area contributed by atoms with E-state index in [0.29, 0.717) is 17.7 Å². The molecule has 0 aromatic heterocycles. The Hall–Kier alpha value is -3.23. The van der Waals surface area contributed by atoms with Gasteiger partial charge in [0.15, 0.2) is 24.6 Å². The molecular formula is C22H23NO7. The molecule has 1 N–H and O–H groups in total. The van der Waals surface area contributed by atoms with Gasteiger partial charge in [-0.1, -0.05) is 36.4 Å². The number of amides is 1. The molecule has 0 bridgehead atoms. The highest BCUT2D eigenvalue weighted by molar-refractivity contribution is 5.91. The van der Waals surface area contributed by atoms with Crippen LogP contribution in [0.15, 0.2) is 60.7 Å². The predicted molar refractivity (Wildman–Crippen MR) is 106 cm³/mol. The van der Waals surface area contributed by atoms with Crippen molar-refractivity contribution in [2.45, 2.75) is 31.5 Å². The van der Waals surface area contributed by atoms with Gasteiger partial charge in [0.1, 0.15) is 0 Å². The minimum Gasteiger partial charge on any atom is -0.451 e. The first-order chi connectivity index (χ1) is 14.5. The Morgan fingerprint density at radius 2 is 1.37 bits per heavy atom. The molecule has 8 nitrogen and oxygen atoms in total. The van der Waals surface area contributed by atoms with Gasteiger partial charge in [0.05, 0.1) is 11.1 Å². The maximum atomic E-state index is 12.6. The highest BCUT2D eigenvalue weighted by atomic mass is 16.7. The largest absolute Gasteiger partial charge is 0.451 e. The van der Waals surface area contributed by atoms with Gasteiger partial charge >= 0.3 is 11.9 Å². The first kappa shape index (κ1) is 21.5. The third-order valence-corrected chi connectivity index (χ3v) is 4.52. The summed E-state index contributed by atoms with van der Waals surface area (Å²) in [5.41, 5.74) is 0.600. The summed E-state index contributed by atoms with van der Waals surface area (Å²) in [6.07, 6.45) is -4.61. The molecule has 2 aromatic carbocycles. The van der Waals surface area contributed by atoms with Gasteiger partial charge < -0.3 is 24.3 Å². The number of hydrogen-bond donors (Lipinski definition) is 1. The normalized spacial score (nSPS) is 22.9. The van der Waals surface area contributed by atoms with E-state index in [1.165, 1.54) is 7.11 Å². The fourth-order valence-electron chi connectivity index (χ4n) is 3.09. The van der Waals surface area contributed by atoms with Crippen LogP contribution in [0.2, 0.25) is 0 Å². The number of carbonyl (C=O) groups is 3. The lowest BCUT2D eigenvalue weighted by molar-refractivity contribution is -0.161. The Balaban J connectivity index is 1.86. The lowest BCUT2D eigenvalue weighted by atomic mass is 10.1. The molecule has 8 heteroatoms. The van der Waals surface area contributed by atoms with Crippen molar-refractivity contribution in [2.75, 3.05) is 13.7 Å². The number of rotatable bonds is 7. The van der Waals surface area contributed by atoms with E-state index in [1.807, 2.05) is 0 Å². The quantitative estimate of drug-likeness (QED) is 0.693. The maximum Gasteiger partial charge on any atom is 0.338 e. The van der Waals surface area contributed by atoms with Crippen molar-refractivity contribution >= 4 is 17.8 Å². The maximum absolute atomic E-state index is 12.6. The summed E-state index contributed by atoms with van der Waals surface area (Å²) in [6, 6.07) is 16.6. The van der Waals surface area contributed by atoms with Crippen molar-refractivity contribution < 1.29 is 33.3 Å². The third-order valence-electron chi connectivity index (χ3n) is 4.52. The molecular weight excluding hydrogens is 390 g/mol. The second-order valence-electron chi connectivity index (χ2n) is 6.53. The van der Waals surface area contributed by atoms with Crippen LogP contribution in [0, 0.1) is 0 Å². The smallest absolute Gasteiger partial charge is 0.338 e. The second kappa shape index (κ2) is 10.00. The number of hydrogen-bond acceptors (Lipinski definition) is 7. The van der Waals surface area contributed by atoms with E-state index in [0.717, 1.165) is 0 Å². The summed E-state index contributed by atoms with van der Waals surface area (Å²) in [5.74, 6) is -1.82. The molecule has 1 aliphatic rings. The number of carbonyl (C=O) groups excluding carboxylic acids is 3. The highest BCUT2D eigenvalue weighted by Gasteiger charge is 2.53. The Bertz CT molecular complexity index is 872. The lowest BCUT2D eigenvalue weighted by Gasteiger charge is -2.23. The SMILES string of the molecule is CCNC(=O)[C@H]1O[C@H](OC)[C@H](OC(=O)c2ccccc2)[C@@H]1OC(=O)c1ccccc1. The first-order valence-electron chi connectivity index (χ1n) is 9.53. The molecule has 158 valence electrons. The van der Waals surface area contributed by atoms with Gasteiger partial charge in [-0.2, -0.15) is 0 Å². The molecule has 1 aliphatic heterocycles. The van der Waals surface area contributed by atoms with Crippen molar-refractivity contribution in [1.29, 1.82) is 0 Å². The molecule has 0 saturated carbocycles. The zero-order valence-corrected chi connectivity index (χ0v) is 16.6. The van der Waals surface area contributed by atoms with Crippen molar-refractivity contribution in [3.05, 3.63) is 71.8 Å². The van der Waals surface area contributed by atoms with E-state index in [1.54, 1.807) is 67.6 Å². The predicted octanol–water partition coefficient (Wildman–Crippen LogP) is 1.94. The van der Waals surface area contributed by atoms with Gasteiger partial charge in [-0.15, -0.1) is 0 Å². The molecule has 1 amide bonds. The molecule has 0 spiro atoms. The lowest BCUT2D eigenvalue weighted by Crippen LogP contribution is -2.46. The van der Waals surface area contributed by atoms with Crippen LogP contribution >= 0.6 is 0 Å². The van der Waals surface area contributed by atoms with Crippen LogP contribution in [0.1, 0.15) is 27.6 Å². The zero-order valence-electron chi connectivity index (χ0n) is 16.6.